The number of anilines is 2. The highest BCUT2D eigenvalue weighted by molar-refractivity contribution is 7.80. The van der Waals surface area contributed by atoms with Crippen molar-refractivity contribution in [3.63, 3.8) is 0 Å². The quantitative estimate of drug-likeness (QED) is 0.432. The molecule has 0 saturated heterocycles. The second kappa shape index (κ2) is 11.2. The Kier molecular flexibility index (Phi) is 8.05. The molecule has 9 heteroatoms. The number of hydrogen-bond acceptors (Lipinski definition) is 6. The Morgan fingerprint density at radius 3 is 1.85 bits per heavy atom. The van der Waals surface area contributed by atoms with Crippen LogP contribution in [-0.4, -0.2) is 38.3 Å². The first kappa shape index (κ1) is 24.5. The van der Waals surface area contributed by atoms with Crippen LogP contribution in [0.25, 0.3) is 0 Å². The van der Waals surface area contributed by atoms with Crippen LogP contribution in [0.4, 0.5) is 11.4 Å². The van der Waals surface area contributed by atoms with E-state index in [1.165, 1.54) is 33.5 Å². The minimum absolute atomic E-state index is 0.107. The first-order chi connectivity index (χ1) is 16.3. The molecule has 0 heterocycles. The van der Waals surface area contributed by atoms with E-state index in [-0.39, 0.29) is 16.6 Å². The summed E-state index contributed by atoms with van der Waals surface area (Å²) in [5, 5.41) is 8.51. The van der Waals surface area contributed by atoms with E-state index in [0.29, 0.717) is 34.2 Å². The van der Waals surface area contributed by atoms with Crippen LogP contribution in [0.3, 0.4) is 0 Å². The molecule has 8 nitrogen and oxygen atoms in total. The van der Waals surface area contributed by atoms with Gasteiger partial charge < -0.3 is 24.8 Å². The monoisotopic (exact) mass is 479 g/mol. The van der Waals surface area contributed by atoms with E-state index in [0.717, 1.165) is 5.56 Å². The van der Waals surface area contributed by atoms with E-state index in [9.17, 15) is 9.59 Å². The molecule has 0 aliphatic rings. The average Bonchev–Trinajstić information content (AvgIpc) is 2.84. The molecule has 3 rings (SSSR count). The van der Waals surface area contributed by atoms with Gasteiger partial charge in [-0.3, -0.25) is 14.9 Å². The molecule has 0 aliphatic heterocycles. The summed E-state index contributed by atoms with van der Waals surface area (Å²) in [5.74, 6) is 0.455. The summed E-state index contributed by atoms with van der Waals surface area (Å²) >= 11 is 5.26. The van der Waals surface area contributed by atoms with Gasteiger partial charge in [-0.15, -0.1) is 0 Å². The van der Waals surface area contributed by atoms with E-state index < -0.39 is 5.91 Å². The molecule has 0 spiro atoms. The maximum Gasteiger partial charge on any atom is 0.257 e. The molecule has 0 unspecified atom stereocenters. The van der Waals surface area contributed by atoms with Gasteiger partial charge in [-0.25, -0.2) is 0 Å². The summed E-state index contributed by atoms with van der Waals surface area (Å²) in [5.41, 5.74) is 3.15. The first-order valence-corrected chi connectivity index (χ1v) is 10.7. The molecular formula is C25H25N3O5S. The van der Waals surface area contributed by atoms with Crippen LogP contribution in [0.15, 0.2) is 60.7 Å². The fourth-order valence-electron chi connectivity index (χ4n) is 3.18. The molecule has 3 N–H and O–H groups in total. The largest absolute Gasteiger partial charge is 0.493 e. The Morgan fingerprint density at radius 2 is 1.32 bits per heavy atom. The van der Waals surface area contributed by atoms with Crippen molar-refractivity contribution in [1.29, 1.82) is 0 Å². The average molecular weight is 480 g/mol. The minimum atomic E-state index is -0.446. The molecule has 0 aliphatic carbocycles. The summed E-state index contributed by atoms with van der Waals surface area (Å²) in [6, 6.07) is 17.4. The van der Waals surface area contributed by atoms with E-state index in [1.54, 1.807) is 30.3 Å². The highest BCUT2D eigenvalue weighted by Crippen LogP contribution is 2.38. The van der Waals surface area contributed by atoms with Gasteiger partial charge in [0.15, 0.2) is 16.6 Å². The van der Waals surface area contributed by atoms with Crippen LogP contribution in [0.2, 0.25) is 0 Å². The number of ether oxygens (including phenoxy) is 3. The van der Waals surface area contributed by atoms with E-state index in [1.807, 2.05) is 25.1 Å². The maximum atomic E-state index is 12.7. The lowest BCUT2D eigenvalue weighted by molar-refractivity contribution is 0.0975. The van der Waals surface area contributed by atoms with Gasteiger partial charge in [0, 0.05) is 22.5 Å². The van der Waals surface area contributed by atoms with Gasteiger partial charge in [-0.05, 0) is 67.7 Å². The molecule has 0 bridgehead atoms. The summed E-state index contributed by atoms with van der Waals surface area (Å²) in [7, 11) is 4.43. The van der Waals surface area contributed by atoms with Gasteiger partial charge in [-0.2, -0.15) is 0 Å². The van der Waals surface area contributed by atoms with Crippen LogP contribution in [-0.2, 0) is 0 Å². The van der Waals surface area contributed by atoms with Gasteiger partial charge in [0.2, 0.25) is 5.75 Å². The summed E-state index contributed by atoms with van der Waals surface area (Å²) in [4.78, 5) is 25.1. The number of nitrogens with one attached hydrogen (secondary N) is 3. The van der Waals surface area contributed by atoms with Gasteiger partial charge in [0.25, 0.3) is 11.8 Å². The summed E-state index contributed by atoms with van der Waals surface area (Å²) in [6.07, 6.45) is 0. The lowest BCUT2D eigenvalue weighted by Crippen LogP contribution is -2.34. The smallest absolute Gasteiger partial charge is 0.257 e. The second-order valence-corrected chi connectivity index (χ2v) is 7.63. The number of carbonyl (C=O) groups is 2. The van der Waals surface area contributed by atoms with Crippen molar-refractivity contribution >= 4 is 40.5 Å². The van der Waals surface area contributed by atoms with Crippen molar-refractivity contribution in [2.24, 2.45) is 0 Å². The van der Waals surface area contributed by atoms with E-state index >= 15 is 0 Å². The zero-order valence-electron chi connectivity index (χ0n) is 19.2. The van der Waals surface area contributed by atoms with Crippen LogP contribution < -0.4 is 30.2 Å². The molecule has 176 valence electrons. The van der Waals surface area contributed by atoms with Crippen LogP contribution in [0, 0.1) is 6.92 Å². The number of rotatable bonds is 7. The number of amides is 2. The van der Waals surface area contributed by atoms with E-state index in [4.69, 9.17) is 26.4 Å². The van der Waals surface area contributed by atoms with Crippen molar-refractivity contribution in [3.8, 4) is 17.2 Å². The number of hydrogen-bond donors (Lipinski definition) is 3. The summed E-state index contributed by atoms with van der Waals surface area (Å²) < 4.78 is 15.8. The highest BCUT2D eigenvalue weighted by atomic mass is 32.1. The van der Waals surface area contributed by atoms with Crippen molar-refractivity contribution in [2.45, 2.75) is 6.92 Å². The Hall–Kier alpha value is -4.11. The fraction of sp³-hybridized carbons (Fsp3) is 0.160. The summed E-state index contributed by atoms with van der Waals surface area (Å²) in [6.45, 7) is 1.93. The molecule has 3 aromatic carbocycles. The molecule has 3 aromatic rings. The molecule has 0 fully saturated rings. The molecule has 0 saturated carbocycles. The first-order valence-electron chi connectivity index (χ1n) is 10.2. The topological polar surface area (TPSA) is 97.9 Å². The maximum absolute atomic E-state index is 12.7. The Bertz CT molecular complexity index is 1190. The third-order valence-corrected chi connectivity index (χ3v) is 5.04. The second-order valence-electron chi connectivity index (χ2n) is 7.22. The zero-order chi connectivity index (χ0) is 24.7. The Balaban J connectivity index is 1.62. The van der Waals surface area contributed by atoms with Crippen LogP contribution >= 0.6 is 12.2 Å². The molecule has 34 heavy (non-hydrogen) atoms. The number of benzene rings is 3. The normalized spacial score (nSPS) is 10.1. The number of thiocarbonyl (C=S) groups is 1. The van der Waals surface area contributed by atoms with Gasteiger partial charge in [0.05, 0.1) is 21.3 Å². The molecule has 0 atom stereocenters. The Labute approximate surface area is 203 Å². The van der Waals surface area contributed by atoms with Gasteiger partial charge >= 0.3 is 0 Å². The lowest BCUT2D eigenvalue weighted by atomic mass is 10.1. The lowest BCUT2D eigenvalue weighted by Gasteiger charge is -2.15. The van der Waals surface area contributed by atoms with Gasteiger partial charge in [0.1, 0.15) is 0 Å². The highest BCUT2D eigenvalue weighted by Gasteiger charge is 2.17. The number of methoxy groups -OCH3 is 3. The standard InChI is InChI=1S/C25H25N3O5S/c1-15-6-5-7-16(12-15)23(29)26-18-8-10-19(11-9-18)27-25(34)28-24(30)17-13-20(31-2)22(33-4)21(14-17)32-3/h5-14H,1-4H3,(H,26,29)(H2,27,28,30,34). The molecular weight excluding hydrogens is 454 g/mol. The van der Waals surface area contributed by atoms with Crippen molar-refractivity contribution in [3.05, 3.63) is 77.4 Å². The number of carbonyl (C=O) groups excluding carboxylic acids is 2. The molecule has 0 aromatic heterocycles. The van der Waals surface area contributed by atoms with Crippen molar-refractivity contribution in [1.82, 2.24) is 5.32 Å². The van der Waals surface area contributed by atoms with Gasteiger partial charge in [-0.1, -0.05) is 17.7 Å². The van der Waals surface area contributed by atoms with E-state index in [2.05, 4.69) is 16.0 Å². The van der Waals surface area contributed by atoms with Crippen molar-refractivity contribution in [2.75, 3.05) is 32.0 Å². The fourth-order valence-corrected chi connectivity index (χ4v) is 3.39. The third-order valence-electron chi connectivity index (χ3n) is 4.83. The molecule has 2 amide bonds. The van der Waals surface area contributed by atoms with Crippen molar-refractivity contribution < 1.29 is 23.8 Å². The number of aryl methyl sites for hydroxylation is 1. The molecule has 0 radical (unpaired) electrons. The van der Waals surface area contributed by atoms with Crippen LogP contribution in [0.5, 0.6) is 17.2 Å². The SMILES string of the molecule is COc1cc(C(=O)NC(=S)Nc2ccc(NC(=O)c3cccc(C)c3)cc2)cc(OC)c1OC. The third kappa shape index (κ3) is 6.02. The van der Waals surface area contributed by atoms with Crippen LogP contribution in [0.1, 0.15) is 26.3 Å². The zero-order valence-corrected chi connectivity index (χ0v) is 20.0. The predicted molar refractivity (Wildman–Crippen MR) is 135 cm³/mol. The predicted octanol–water partition coefficient (Wildman–Crippen LogP) is 4.40. The minimum Gasteiger partial charge on any atom is -0.493 e. The Morgan fingerprint density at radius 1 is 0.735 bits per heavy atom.